The molecule has 0 aliphatic rings. The lowest BCUT2D eigenvalue weighted by Crippen LogP contribution is -2.35. The minimum atomic E-state index is -0.487. The zero-order valence-corrected chi connectivity index (χ0v) is 14.5. The maximum Gasteiger partial charge on any atom is 0.120 e. The van der Waals surface area contributed by atoms with Crippen molar-refractivity contribution in [2.45, 2.75) is 26.6 Å². The van der Waals surface area contributed by atoms with Gasteiger partial charge in [0.2, 0.25) is 0 Å². The molecule has 0 fully saturated rings. The van der Waals surface area contributed by atoms with Gasteiger partial charge >= 0.3 is 0 Å². The third-order valence-electron chi connectivity index (χ3n) is 3.88. The van der Waals surface area contributed by atoms with E-state index in [2.05, 4.69) is 18.7 Å². The number of hydrogen-bond donors (Lipinski definition) is 1. The number of likely N-dealkylation sites (N-methyl/N-ethyl adjacent to an activating group) is 1. The van der Waals surface area contributed by atoms with Crippen LogP contribution in [0.3, 0.4) is 0 Å². The highest BCUT2D eigenvalue weighted by Gasteiger charge is 2.09. The van der Waals surface area contributed by atoms with Gasteiger partial charge in [-0.05, 0) is 42.9 Å². The minimum absolute atomic E-state index is 0.292. The normalized spacial score (nSPS) is 12.2. The molecule has 0 aliphatic carbocycles. The molecule has 1 N–H and O–H groups in total. The van der Waals surface area contributed by atoms with Crippen molar-refractivity contribution in [1.29, 1.82) is 0 Å². The molecular formula is C20H27NO3. The van der Waals surface area contributed by atoms with Gasteiger partial charge in [-0.25, -0.2) is 0 Å². The van der Waals surface area contributed by atoms with Crippen LogP contribution in [0.2, 0.25) is 0 Å². The Labute approximate surface area is 144 Å². The van der Waals surface area contributed by atoms with Gasteiger partial charge in [0.15, 0.2) is 0 Å². The number of rotatable bonds is 10. The van der Waals surface area contributed by atoms with Crippen molar-refractivity contribution in [2.24, 2.45) is 0 Å². The van der Waals surface area contributed by atoms with E-state index in [0.29, 0.717) is 19.8 Å². The Hall–Kier alpha value is -2.04. The quantitative estimate of drug-likeness (QED) is 0.726. The van der Waals surface area contributed by atoms with Crippen LogP contribution in [0.25, 0.3) is 0 Å². The van der Waals surface area contributed by atoms with Crippen molar-refractivity contribution in [2.75, 3.05) is 26.2 Å². The third kappa shape index (κ3) is 6.22. The first kappa shape index (κ1) is 18.3. The molecule has 0 saturated heterocycles. The Balaban J connectivity index is 1.75. The molecule has 130 valence electrons. The van der Waals surface area contributed by atoms with Gasteiger partial charge in [0.1, 0.15) is 30.8 Å². The summed E-state index contributed by atoms with van der Waals surface area (Å²) >= 11 is 0. The van der Waals surface area contributed by atoms with Crippen molar-refractivity contribution < 1.29 is 14.6 Å². The van der Waals surface area contributed by atoms with Crippen molar-refractivity contribution >= 4 is 0 Å². The molecule has 4 heteroatoms. The van der Waals surface area contributed by atoms with Crippen LogP contribution >= 0.6 is 0 Å². The molecule has 1 unspecified atom stereocenters. The first-order chi connectivity index (χ1) is 11.7. The monoisotopic (exact) mass is 329 g/mol. The summed E-state index contributed by atoms with van der Waals surface area (Å²) in [5, 5.41) is 10.0. The summed E-state index contributed by atoms with van der Waals surface area (Å²) in [6.07, 6.45) is -0.487. The number of aliphatic hydroxyl groups is 1. The van der Waals surface area contributed by atoms with Crippen LogP contribution in [0.1, 0.15) is 19.4 Å². The molecule has 0 amide bonds. The zero-order chi connectivity index (χ0) is 17.2. The van der Waals surface area contributed by atoms with Gasteiger partial charge in [-0.15, -0.1) is 0 Å². The second kappa shape index (κ2) is 9.96. The molecule has 2 aromatic carbocycles. The van der Waals surface area contributed by atoms with Gasteiger partial charge in [0, 0.05) is 6.54 Å². The van der Waals surface area contributed by atoms with E-state index in [-0.39, 0.29) is 0 Å². The molecule has 0 bridgehead atoms. The predicted molar refractivity (Wildman–Crippen MR) is 96.5 cm³/mol. The molecule has 2 rings (SSSR count). The fraction of sp³-hybridized carbons (Fsp3) is 0.400. The molecule has 1 atom stereocenters. The second-order valence-corrected chi connectivity index (χ2v) is 5.70. The van der Waals surface area contributed by atoms with Crippen LogP contribution in [0.4, 0.5) is 0 Å². The highest BCUT2D eigenvalue weighted by molar-refractivity contribution is 5.31. The topological polar surface area (TPSA) is 41.9 Å². The van der Waals surface area contributed by atoms with Crippen molar-refractivity contribution in [3.05, 3.63) is 60.2 Å². The number of hydrogen-bond acceptors (Lipinski definition) is 4. The number of ether oxygens (including phenoxy) is 2. The largest absolute Gasteiger partial charge is 0.491 e. The first-order valence-corrected chi connectivity index (χ1v) is 8.51. The molecule has 2 aromatic rings. The van der Waals surface area contributed by atoms with E-state index in [9.17, 15) is 5.11 Å². The van der Waals surface area contributed by atoms with Gasteiger partial charge in [-0.3, -0.25) is 0 Å². The minimum Gasteiger partial charge on any atom is -0.491 e. The number of benzene rings is 2. The van der Waals surface area contributed by atoms with Gasteiger partial charge in [0.25, 0.3) is 0 Å². The molecule has 0 radical (unpaired) electrons. The highest BCUT2D eigenvalue weighted by atomic mass is 16.5. The van der Waals surface area contributed by atoms with E-state index in [1.54, 1.807) is 0 Å². The standard InChI is InChI=1S/C20H27NO3/c1-3-21(4-2)14-18(22)16-24-20-12-10-19(11-13-20)23-15-17-8-6-5-7-9-17/h5-13,18,22H,3-4,14-16H2,1-2H3. The van der Waals surface area contributed by atoms with Gasteiger partial charge in [0.05, 0.1) is 0 Å². The number of nitrogens with zero attached hydrogens (tertiary/aromatic N) is 1. The van der Waals surface area contributed by atoms with Gasteiger partial charge in [-0.1, -0.05) is 44.2 Å². The zero-order valence-electron chi connectivity index (χ0n) is 14.5. The summed E-state index contributed by atoms with van der Waals surface area (Å²) in [4.78, 5) is 2.18. The summed E-state index contributed by atoms with van der Waals surface area (Å²) in [6.45, 7) is 7.51. The van der Waals surface area contributed by atoms with E-state index >= 15 is 0 Å². The molecule has 4 nitrogen and oxygen atoms in total. The molecule has 0 heterocycles. The maximum atomic E-state index is 10.0. The average Bonchev–Trinajstić information content (AvgIpc) is 2.64. The fourth-order valence-electron chi connectivity index (χ4n) is 2.40. The summed E-state index contributed by atoms with van der Waals surface area (Å²) in [5.74, 6) is 1.54. The molecule has 0 saturated carbocycles. The number of aliphatic hydroxyl groups excluding tert-OH is 1. The van der Waals surface area contributed by atoms with Crippen LogP contribution < -0.4 is 9.47 Å². The Morgan fingerprint density at radius 3 is 2.04 bits per heavy atom. The third-order valence-corrected chi connectivity index (χ3v) is 3.88. The Bertz CT molecular complexity index is 567. The van der Waals surface area contributed by atoms with Gasteiger partial charge < -0.3 is 19.5 Å². The summed E-state index contributed by atoms with van der Waals surface area (Å²) < 4.78 is 11.4. The van der Waals surface area contributed by atoms with Crippen molar-refractivity contribution in [3.8, 4) is 11.5 Å². The average molecular weight is 329 g/mol. The molecule has 0 aromatic heterocycles. The molecular weight excluding hydrogens is 302 g/mol. The summed E-state index contributed by atoms with van der Waals surface area (Å²) in [7, 11) is 0. The lowest BCUT2D eigenvalue weighted by molar-refractivity contribution is 0.0716. The van der Waals surface area contributed by atoms with E-state index in [0.717, 1.165) is 30.2 Å². The lowest BCUT2D eigenvalue weighted by atomic mass is 10.2. The van der Waals surface area contributed by atoms with Crippen LogP contribution in [-0.4, -0.2) is 42.4 Å². The Kier molecular flexibility index (Phi) is 7.59. The van der Waals surface area contributed by atoms with Crippen LogP contribution in [0, 0.1) is 0 Å². The Morgan fingerprint density at radius 2 is 1.46 bits per heavy atom. The van der Waals surface area contributed by atoms with Crippen LogP contribution in [0.5, 0.6) is 11.5 Å². The van der Waals surface area contributed by atoms with Gasteiger partial charge in [-0.2, -0.15) is 0 Å². The SMILES string of the molecule is CCN(CC)CC(O)COc1ccc(OCc2ccccc2)cc1. The van der Waals surface area contributed by atoms with Crippen LogP contribution in [-0.2, 0) is 6.61 Å². The van der Waals surface area contributed by atoms with E-state index in [1.807, 2.05) is 54.6 Å². The lowest BCUT2D eigenvalue weighted by Gasteiger charge is -2.21. The van der Waals surface area contributed by atoms with Crippen molar-refractivity contribution in [1.82, 2.24) is 4.90 Å². The van der Waals surface area contributed by atoms with Crippen LogP contribution in [0.15, 0.2) is 54.6 Å². The maximum absolute atomic E-state index is 10.0. The summed E-state index contributed by atoms with van der Waals surface area (Å²) in [5.41, 5.74) is 1.14. The molecule has 24 heavy (non-hydrogen) atoms. The Morgan fingerprint density at radius 1 is 0.875 bits per heavy atom. The predicted octanol–water partition coefficient (Wildman–Crippen LogP) is 3.35. The van der Waals surface area contributed by atoms with E-state index < -0.39 is 6.10 Å². The van der Waals surface area contributed by atoms with E-state index in [4.69, 9.17) is 9.47 Å². The fourth-order valence-corrected chi connectivity index (χ4v) is 2.40. The second-order valence-electron chi connectivity index (χ2n) is 5.70. The van der Waals surface area contributed by atoms with E-state index in [1.165, 1.54) is 0 Å². The molecule has 0 aliphatic heterocycles. The smallest absolute Gasteiger partial charge is 0.120 e. The van der Waals surface area contributed by atoms with Crippen molar-refractivity contribution in [3.63, 3.8) is 0 Å². The summed E-state index contributed by atoms with van der Waals surface area (Å²) in [6, 6.07) is 17.6. The first-order valence-electron chi connectivity index (χ1n) is 8.51. The molecule has 0 spiro atoms. The highest BCUT2D eigenvalue weighted by Crippen LogP contribution is 2.19.